The highest BCUT2D eigenvalue weighted by molar-refractivity contribution is 5.78. The number of amides is 1. The number of carbonyl (C=O) groups excluding carboxylic acids is 1. The molecular weight excluding hydrogens is 450 g/mol. The summed E-state index contributed by atoms with van der Waals surface area (Å²) in [7, 11) is 0. The van der Waals surface area contributed by atoms with Crippen molar-refractivity contribution in [2.75, 3.05) is 31.1 Å². The maximum atomic E-state index is 12.8. The largest absolute Gasteiger partial charge is 0.371 e. The molecular formula is C29H37N5O2. The number of likely N-dealkylation sites (tertiary alicyclic amines) is 1. The Labute approximate surface area is 213 Å². The fourth-order valence-corrected chi connectivity index (χ4v) is 5.38. The van der Waals surface area contributed by atoms with Gasteiger partial charge in [-0.2, -0.15) is 4.98 Å². The number of hydrogen-bond acceptors (Lipinski definition) is 6. The van der Waals surface area contributed by atoms with Crippen molar-refractivity contribution in [2.24, 2.45) is 11.8 Å². The molecule has 190 valence electrons. The standard InChI is InChI=1S/C29H37N5O2/c1-21-6-5-15-34(19-21)25-11-9-23(10-12-25)18-30-29(35)24-13-16-33(17-14-24)20-27-31-28(32-36-27)26-8-4-3-7-22(26)2/h3-4,7-12,21,24H,5-6,13-20H2,1-2H3,(H,30,35). The third-order valence-corrected chi connectivity index (χ3v) is 7.60. The summed E-state index contributed by atoms with van der Waals surface area (Å²) >= 11 is 0. The molecule has 2 aliphatic rings. The predicted molar refractivity (Wildman–Crippen MR) is 141 cm³/mol. The van der Waals surface area contributed by atoms with E-state index in [0.29, 0.717) is 24.8 Å². The van der Waals surface area contributed by atoms with Gasteiger partial charge in [0.1, 0.15) is 0 Å². The van der Waals surface area contributed by atoms with Crippen molar-refractivity contribution in [2.45, 2.75) is 52.6 Å². The summed E-state index contributed by atoms with van der Waals surface area (Å²) in [4.78, 5) is 22.2. The monoisotopic (exact) mass is 487 g/mol. The molecule has 2 fully saturated rings. The lowest BCUT2D eigenvalue weighted by Crippen LogP contribution is -2.40. The number of nitrogens with zero attached hydrogens (tertiary/aromatic N) is 4. The van der Waals surface area contributed by atoms with E-state index >= 15 is 0 Å². The minimum absolute atomic E-state index is 0.0561. The van der Waals surface area contributed by atoms with Crippen molar-refractivity contribution in [1.29, 1.82) is 0 Å². The van der Waals surface area contributed by atoms with E-state index in [0.717, 1.165) is 61.6 Å². The molecule has 0 aliphatic carbocycles. The highest BCUT2D eigenvalue weighted by Gasteiger charge is 2.26. The molecule has 1 atom stereocenters. The van der Waals surface area contributed by atoms with E-state index in [4.69, 9.17) is 4.52 Å². The fraction of sp³-hybridized carbons (Fsp3) is 0.483. The second-order valence-corrected chi connectivity index (χ2v) is 10.5. The zero-order chi connectivity index (χ0) is 24.9. The number of carbonyl (C=O) groups is 1. The van der Waals surface area contributed by atoms with Crippen LogP contribution >= 0.6 is 0 Å². The molecule has 7 heteroatoms. The average Bonchev–Trinajstić information content (AvgIpc) is 3.36. The number of hydrogen-bond donors (Lipinski definition) is 1. The smallest absolute Gasteiger partial charge is 0.241 e. The summed E-state index contributed by atoms with van der Waals surface area (Å²) in [5.41, 5.74) is 4.56. The van der Waals surface area contributed by atoms with E-state index in [1.807, 2.05) is 31.2 Å². The Balaban J connectivity index is 1.06. The van der Waals surface area contributed by atoms with Crippen LogP contribution in [0.3, 0.4) is 0 Å². The highest BCUT2D eigenvalue weighted by atomic mass is 16.5. The molecule has 1 unspecified atom stereocenters. The predicted octanol–water partition coefficient (Wildman–Crippen LogP) is 4.81. The molecule has 36 heavy (non-hydrogen) atoms. The van der Waals surface area contributed by atoms with E-state index in [1.54, 1.807) is 0 Å². The summed E-state index contributed by atoms with van der Waals surface area (Å²) in [6, 6.07) is 16.7. The number of aromatic nitrogens is 2. The molecule has 2 saturated heterocycles. The lowest BCUT2D eigenvalue weighted by molar-refractivity contribution is -0.126. The molecule has 2 aliphatic heterocycles. The molecule has 5 rings (SSSR count). The van der Waals surface area contributed by atoms with Crippen LogP contribution < -0.4 is 10.2 Å². The van der Waals surface area contributed by atoms with Gasteiger partial charge < -0.3 is 14.7 Å². The molecule has 0 spiro atoms. The van der Waals surface area contributed by atoms with Crippen molar-refractivity contribution in [3.8, 4) is 11.4 Å². The Kier molecular flexibility index (Phi) is 7.66. The van der Waals surface area contributed by atoms with Gasteiger partial charge in [-0.25, -0.2) is 0 Å². The number of aryl methyl sites for hydroxylation is 1. The number of anilines is 1. The number of piperidine rings is 2. The van der Waals surface area contributed by atoms with Crippen molar-refractivity contribution in [1.82, 2.24) is 20.4 Å². The summed E-state index contributed by atoms with van der Waals surface area (Å²) in [6.07, 6.45) is 4.28. The van der Waals surface area contributed by atoms with E-state index in [2.05, 4.69) is 56.4 Å². The normalized spacial score (nSPS) is 19.4. The second kappa shape index (κ2) is 11.2. The van der Waals surface area contributed by atoms with Gasteiger partial charge >= 0.3 is 0 Å². The minimum Gasteiger partial charge on any atom is -0.371 e. The molecule has 0 saturated carbocycles. The molecule has 1 aromatic heterocycles. The lowest BCUT2D eigenvalue weighted by Gasteiger charge is -2.33. The van der Waals surface area contributed by atoms with Crippen LogP contribution in [0, 0.1) is 18.8 Å². The van der Waals surface area contributed by atoms with Gasteiger partial charge in [-0.3, -0.25) is 9.69 Å². The Hall–Kier alpha value is -3.19. The molecule has 0 radical (unpaired) electrons. The van der Waals surface area contributed by atoms with E-state index in [1.165, 1.54) is 18.5 Å². The van der Waals surface area contributed by atoms with E-state index in [9.17, 15) is 4.79 Å². The average molecular weight is 488 g/mol. The van der Waals surface area contributed by atoms with Crippen molar-refractivity contribution in [3.05, 3.63) is 65.5 Å². The SMILES string of the molecule is Cc1ccccc1-c1noc(CN2CCC(C(=O)NCc3ccc(N4CCCC(C)C4)cc3)CC2)n1. The summed E-state index contributed by atoms with van der Waals surface area (Å²) in [5.74, 6) is 2.23. The Morgan fingerprint density at radius 3 is 2.58 bits per heavy atom. The van der Waals surface area contributed by atoms with Crippen LogP contribution in [-0.2, 0) is 17.9 Å². The number of nitrogens with one attached hydrogen (secondary N) is 1. The van der Waals surface area contributed by atoms with Crippen LogP contribution in [0.15, 0.2) is 53.1 Å². The molecule has 3 aromatic rings. The topological polar surface area (TPSA) is 74.5 Å². The van der Waals surface area contributed by atoms with Gasteiger partial charge in [-0.15, -0.1) is 0 Å². The van der Waals surface area contributed by atoms with Crippen LogP contribution in [0.4, 0.5) is 5.69 Å². The quantitative estimate of drug-likeness (QED) is 0.516. The summed E-state index contributed by atoms with van der Waals surface area (Å²) in [6.45, 7) is 9.55. The Morgan fingerprint density at radius 1 is 1.06 bits per heavy atom. The first-order chi connectivity index (χ1) is 17.5. The number of benzene rings is 2. The van der Waals surface area contributed by atoms with E-state index in [-0.39, 0.29) is 11.8 Å². The van der Waals surface area contributed by atoms with Gasteiger partial charge in [0.15, 0.2) is 0 Å². The molecule has 2 aromatic carbocycles. The van der Waals surface area contributed by atoms with Gasteiger partial charge in [0, 0.05) is 36.8 Å². The van der Waals surface area contributed by atoms with Crippen LogP contribution in [0.5, 0.6) is 0 Å². The lowest BCUT2D eigenvalue weighted by atomic mass is 9.96. The molecule has 1 amide bonds. The summed E-state index contributed by atoms with van der Waals surface area (Å²) in [5, 5.41) is 7.32. The van der Waals surface area contributed by atoms with Crippen LogP contribution in [-0.4, -0.2) is 47.1 Å². The summed E-state index contributed by atoms with van der Waals surface area (Å²) < 4.78 is 5.51. The minimum atomic E-state index is 0.0561. The van der Waals surface area contributed by atoms with Gasteiger partial charge in [0.05, 0.1) is 6.54 Å². The molecule has 0 bridgehead atoms. The fourth-order valence-electron chi connectivity index (χ4n) is 5.38. The molecule has 7 nitrogen and oxygen atoms in total. The maximum absolute atomic E-state index is 12.8. The van der Waals surface area contributed by atoms with Crippen LogP contribution in [0.2, 0.25) is 0 Å². The third kappa shape index (κ3) is 5.95. The van der Waals surface area contributed by atoms with Crippen LogP contribution in [0.25, 0.3) is 11.4 Å². The first-order valence-corrected chi connectivity index (χ1v) is 13.3. The zero-order valence-electron chi connectivity index (χ0n) is 21.4. The van der Waals surface area contributed by atoms with Gasteiger partial charge in [0.2, 0.25) is 17.6 Å². The van der Waals surface area contributed by atoms with Crippen molar-refractivity contribution in [3.63, 3.8) is 0 Å². The first-order valence-electron chi connectivity index (χ1n) is 13.3. The molecule has 1 N–H and O–H groups in total. The zero-order valence-corrected chi connectivity index (χ0v) is 21.4. The van der Waals surface area contributed by atoms with Gasteiger partial charge in [-0.1, -0.05) is 48.5 Å². The second-order valence-electron chi connectivity index (χ2n) is 10.5. The Bertz CT molecular complexity index is 1150. The number of rotatable bonds is 7. The van der Waals surface area contributed by atoms with E-state index < -0.39 is 0 Å². The Morgan fingerprint density at radius 2 is 1.83 bits per heavy atom. The first kappa shape index (κ1) is 24.5. The third-order valence-electron chi connectivity index (χ3n) is 7.60. The van der Waals surface area contributed by atoms with Crippen LogP contribution in [0.1, 0.15) is 49.6 Å². The molecule has 3 heterocycles. The van der Waals surface area contributed by atoms with Crippen molar-refractivity contribution < 1.29 is 9.32 Å². The van der Waals surface area contributed by atoms with Gasteiger partial charge in [-0.05, 0) is 74.9 Å². The highest BCUT2D eigenvalue weighted by Crippen LogP contribution is 2.24. The maximum Gasteiger partial charge on any atom is 0.241 e. The van der Waals surface area contributed by atoms with Gasteiger partial charge in [0.25, 0.3) is 0 Å². The van der Waals surface area contributed by atoms with Crippen molar-refractivity contribution >= 4 is 11.6 Å².